The monoisotopic (exact) mass is 240 g/mol. The van der Waals surface area contributed by atoms with E-state index in [1.165, 1.54) is 12.2 Å². The van der Waals surface area contributed by atoms with Crippen LogP contribution in [0.4, 0.5) is 0 Å². The molecule has 0 bridgehead atoms. The lowest BCUT2D eigenvalue weighted by molar-refractivity contribution is -0.180. The van der Waals surface area contributed by atoms with E-state index >= 15 is 0 Å². The Bertz CT molecular complexity index is 321. The lowest BCUT2D eigenvalue weighted by Gasteiger charge is -2.19. The largest absolute Gasteiger partial charge is 0.426 e. The smallest absolute Gasteiger partial charge is 0.333 e. The molecule has 1 aliphatic rings. The fourth-order valence-corrected chi connectivity index (χ4v) is 1.78. The maximum atomic E-state index is 11.0. The highest BCUT2D eigenvalue weighted by atomic mass is 16.7. The maximum absolute atomic E-state index is 11.0. The normalized spacial score (nSPS) is 24.8. The van der Waals surface area contributed by atoms with Gasteiger partial charge in [-0.3, -0.25) is 4.79 Å². The summed E-state index contributed by atoms with van der Waals surface area (Å²) in [7, 11) is 0. The first-order valence-corrected chi connectivity index (χ1v) is 6.08. The van der Waals surface area contributed by atoms with E-state index < -0.39 is 11.8 Å². The predicted octanol–water partition coefficient (Wildman–Crippen LogP) is 1.96. The van der Waals surface area contributed by atoms with Crippen molar-refractivity contribution in [2.24, 2.45) is 5.92 Å². The van der Waals surface area contributed by atoms with Crippen LogP contribution in [-0.4, -0.2) is 22.6 Å². The zero-order chi connectivity index (χ0) is 12.9. The Morgan fingerprint density at radius 2 is 2.18 bits per heavy atom. The van der Waals surface area contributed by atoms with Gasteiger partial charge in [-0.05, 0) is 25.8 Å². The van der Waals surface area contributed by atoms with Crippen LogP contribution in [0.5, 0.6) is 0 Å². The molecule has 0 aliphatic carbocycles. The number of ketones is 1. The summed E-state index contributed by atoms with van der Waals surface area (Å²) in [6.45, 7) is 3.54. The minimum atomic E-state index is -1.40. The molecular weight excluding hydrogens is 220 g/mol. The van der Waals surface area contributed by atoms with E-state index in [0.717, 1.165) is 25.7 Å². The molecular formula is C13H20O4. The van der Waals surface area contributed by atoms with Crippen LogP contribution in [0.1, 0.15) is 46.0 Å². The molecule has 0 radical (unpaired) electrons. The first kappa shape index (κ1) is 13.9. The third-order valence-corrected chi connectivity index (χ3v) is 3.12. The Balaban J connectivity index is 2.11. The minimum Gasteiger partial charge on any atom is -0.426 e. The van der Waals surface area contributed by atoms with Crippen molar-refractivity contribution < 1.29 is 19.4 Å². The van der Waals surface area contributed by atoms with Gasteiger partial charge in [0.15, 0.2) is 0 Å². The van der Waals surface area contributed by atoms with Crippen LogP contribution in [0.15, 0.2) is 12.2 Å². The van der Waals surface area contributed by atoms with Crippen LogP contribution < -0.4 is 0 Å². The van der Waals surface area contributed by atoms with Crippen molar-refractivity contribution in [2.75, 3.05) is 0 Å². The van der Waals surface area contributed by atoms with Crippen LogP contribution in [0.25, 0.3) is 0 Å². The van der Waals surface area contributed by atoms with Crippen molar-refractivity contribution >= 4 is 11.8 Å². The van der Waals surface area contributed by atoms with E-state index in [9.17, 15) is 14.7 Å². The number of esters is 1. The Kier molecular flexibility index (Phi) is 4.87. The highest BCUT2D eigenvalue weighted by Gasteiger charge is 2.32. The Morgan fingerprint density at radius 1 is 1.47 bits per heavy atom. The summed E-state index contributed by atoms with van der Waals surface area (Å²) in [6, 6.07) is 0. The van der Waals surface area contributed by atoms with E-state index in [4.69, 9.17) is 4.74 Å². The highest BCUT2D eigenvalue weighted by molar-refractivity contribution is 5.84. The molecule has 0 aromatic rings. The quantitative estimate of drug-likeness (QED) is 0.546. The van der Waals surface area contributed by atoms with Crippen LogP contribution in [0, 0.1) is 5.92 Å². The van der Waals surface area contributed by atoms with E-state index in [0.29, 0.717) is 6.42 Å². The van der Waals surface area contributed by atoms with Gasteiger partial charge in [-0.25, -0.2) is 4.79 Å². The maximum Gasteiger partial charge on any atom is 0.333 e. The molecule has 0 amide bonds. The van der Waals surface area contributed by atoms with Crippen molar-refractivity contribution in [3.05, 3.63) is 12.2 Å². The average molecular weight is 240 g/mol. The topological polar surface area (TPSA) is 63.6 Å². The number of aliphatic hydroxyl groups is 1. The molecule has 1 unspecified atom stereocenters. The van der Waals surface area contributed by atoms with Crippen LogP contribution in [0.2, 0.25) is 0 Å². The van der Waals surface area contributed by atoms with Crippen LogP contribution in [-0.2, 0) is 14.3 Å². The van der Waals surface area contributed by atoms with E-state index in [2.05, 4.69) is 0 Å². The number of carbonyl (C=O) groups excluding carboxylic acids is 2. The van der Waals surface area contributed by atoms with E-state index in [1.54, 1.807) is 6.92 Å². The third kappa shape index (κ3) is 4.69. The summed E-state index contributed by atoms with van der Waals surface area (Å²) in [5.41, 5.74) is 0. The number of hydrogen-bond acceptors (Lipinski definition) is 4. The number of carbonyl (C=O) groups is 2. The molecule has 2 atom stereocenters. The molecule has 4 nitrogen and oxygen atoms in total. The predicted molar refractivity (Wildman–Crippen MR) is 63.1 cm³/mol. The fraction of sp³-hybridized carbons (Fsp3) is 0.692. The standard InChI is InChI=1S/C13H20O4/c1-10(11(2)14)6-4-3-5-8-13(16)9-7-12(15)17-13/h7,9-10,16H,3-6,8H2,1-2H3/t10?,13-/m0/s1. The third-order valence-electron chi connectivity index (χ3n) is 3.12. The summed E-state index contributed by atoms with van der Waals surface area (Å²) >= 11 is 0. The Hall–Kier alpha value is -1.16. The van der Waals surface area contributed by atoms with Gasteiger partial charge in [0.2, 0.25) is 5.79 Å². The number of hydrogen-bond donors (Lipinski definition) is 1. The zero-order valence-corrected chi connectivity index (χ0v) is 10.4. The van der Waals surface area contributed by atoms with E-state index in [1.807, 2.05) is 6.92 Å². The molecule has 0 aromatic carbocycles. The first-order chi connectivity index (χ1) is 7.93. The second-order valence-corrected chi connectivity index (χ2v) is 4.71. The average Bonchev–Trinajstić information content (AvgIpc) is 2.58. The molecule has 0 spiro atoms. The zero-order valence-electron chi connectivity index (χ0n) is 10.4. The lowest BCUT2D eigenvalue weighted by atomic mass is 9.98. The Labute approximate surface area is 102 Å². The van der Waals surface area contributed by atoms with Gasteiger partial charge in [-0.1, -0.05) is 19.8 Å². The number of rotatable bonds is 7. The van der Waals surface area contributed by atoms with Crippen LogP contribution >= 0.6 is 0 Å². The summed E-state index contributed by atoms with van der Waals surface area (Å²) < 4.78 is 4.77. The summed E-state index contributed by atoms with van der Waals surface area (Å²) in [5, 5.41) is 9.77. The number of ether oxygens (including phenoxy) is 1. The van der Waals surface area contributed by atoms with Gasteiger partial charge in [0.1, 0.15) is 5.78 Å². The van der Waals surface area contributed by atoms with Gasteiger partial charge in [-0.15, -0.1) is 0 Å². The molecule has 0 saturated heterocycles. The molecule has 17 heavy (non-hydrogen) atoms. The van der Waals surface area contributed by atoms with Gasteiger partial charge in [0.25, 0.3) is 0 Å². The van der Waals surface area contributed by atoms with Gasteiger partial charge in [0.05, 0.1) is 0 Å². The SMILES string of the molecule is CC(=O)C(C)CCCCC[C@@]1(O)C=CC(=O)O1. The molecule has 0 saturated carbocycles. The lowest BCUT2D eigenvalue weighted by Crippen LogP contribution is -2.27. The fourth-order valence-electron chi connectivity index (χ4n) is 1.78. The summed E-state index contributed by atoms with van der Waals surface area (Å²) in [5.74, 6) is -1.56. The molecule has 1 heterocycles. The number of unbranched alkanes of at least 4 members (excludes halogenated alkanes) is 2. The number of cyclic esters (lactones) is 1. The summed E-state index contributed by atoms with van der Waals surface area (Å²) in [4.78, 5) is 21.8. The molecule has 1 N–H and O–H groups in total. The highest BCUT2D eigenvalue weighted by Crippen LogP contribution is 2.24. The van der Waals surface area contributed by atoms with Gasteiger partial charge in [-0.2, -0.15) is 0 Å². The first-order valence-electron chi connectivity index (χ1n) is 6.08. The van der Waals surface area contributed by atoms with Crippen LogP contribution in [0.3, 0.4) is 0 Å². The molecule has 1 rings (SSSR count). The van der Waals surface area contributed by atoms with Gasteiger partial charge >= 0.3 is 5.97 Å². The van der Waals surface area contributed by atoms with Crippen molar-refractivity contribution in [3.63, 3.8) is 0 Å². The minimum absolute atomic E-state index is 0.113. The van der Waals surface area contributed by atoms with E-state index in [-0.39, 0.29) is 11.7 Å². The van der Waals surface area contributed by atoms with Crippen molar-refractivity contribution in [1.82, 2.24) is 0 Å². The molecule has 0 fully saturated rings. The van der Waals surface area contributed by atoms with Crippen molar-refractivity contribution in [1.29, 1.82) is 0 Å². The summed E-state index contributed by atoms with van der Waals surface area (Å²) in [6.07, 6.45) is 6.59. The molecule has 0 aromatic heterocycles. The van der Waals surface area contributed by atoms with Gasteiger partial charge < -0.3 is 9.84 Å². The Morgan fingerprint density at radius 3 is 2.71 bits per heavy atom. The second-order valence-electron chi connectivity index (χ2n) is 4.71. The second kappa shape index (κ2) is 5.96. The van der Waals surface area contributed by atoms with Gasteiger partial charge in [0, 0.05) is 18.4 Å². The molecule has 96 valence electrons. The molecule has 1 aliphatic heterocycles. The number of Topliss-reactive ketones (excluding diaryl/α,β-unsaturated/α-hetero) is 1. The van der Waals surface area contributed by atoms with Crippen molar-refractivity contribution in [2.45, 2.75) is 51.7 Å². The molecule has 4 heteroatoms. The van der Waals surface area contributed by atoms with Crippen molar-refractivity contribution in [3.8, 4) is 0 Å².